The molecule has 4 nitrogen and oxygen atoms in total. The fourth-order valence-corrected chi connectivity index (χ4v) is 2.71. The Morgan fingerprint density at radius 2 is 1.83 bits per heavy atom. The number of nitrogens with zero attached hydrogens (tertiary/aromatic N) is 1. The average Bonchev–Trinajstić information content (AvgIpc) is 3.01. The summed E-state index contributed by atoms with van der Waals surface area (Å²) in [5, 5.41) is 3.19. The molecule has 0 bridgehead atoms. The topological polar surface area (TPSA) is 63.8 Å². The largest absolute Gasteiger partial charge is 0.392 e. The molecule has 3 N–H and O–H groups in total. The van der Waals surface area contributed by atoms with Crippen molar-refractivity contribution in [3.05, 3.63) is 40.7 Å². The van der Waals surface area contributed by atoms with Gasteiger partial charge in [-0.15, -0.1) is 0 Å². The molecular weight excluding hydrogens is 226 g/mol. The maximum Gasteiger partial charge on any atom is 0.290 e. The van der Waals surface area contributed by atoms with E-state index >= 15 is 0 Å². The Labute approximate surface area is 105 Å². The van der Waals surface area contributed by atoms with E-state index < -0.39 is 0 Å². The zero-order valence-corrected chi connectivity index (χ0v) is 10.2. The molecule has 0 saturated heterocycles. The Balaban J connectivity index is 2.07. The molecule has 2 aromatic rings. The highest BCUT2D eigenvalue weighted by atomic mass is 16.1. The molecule has 1 fully saturated rings. The number of nitrogen functional groups attached to an aromatic ring is 1. The van der Waals surface area contributed by atoms with Gasteiger partial charge < -0.3 is 5.73 Å². The Morgan fingerprint density at radius 3 is 2.50 bits per heavy atom. The quantitative estimate of drug-likeness (QED) is 0.851. The van der Waals surface area contributed by atoms with E-state index in [2.05, 4.69) is 5.10 Å². The summed E-state index contributed by atoms with van der Waals surface area (Å²) in [4.78, 5) is 12.2. The van der Waals surface area contributed by atoms with E-state index in [4.69, 9.17) is 5.73 Å². The summed E-state index contributed by atoms with van der Waals surface area (Å²) >= 11 is 0. The van der Waals surface area contributed by atoms with Crippen LogP contribution in [0.3, 0.4) is 0 Å². The summed E-state index contributed by atoms with van der Waals surface area (Å²) in [7, 11) is 0. The number of H-pyrrole nitrogens is 1. The normalized spacial score (nSPS) is 16.2. The van der Waals surface area contributed by atoms with E-state index in [1.54, 1.807) is 4.68 Å². The van der Waals surface area contributed by atoms with Gasteiger partial charge in [-0.25, -0.2) is 4.68 Å². The van der Waals surface area contributed by atoms with Crippen LogP contribution in [0.4, 0.5) is 5.69 Å². The molecule has 4 heteroatoms. The fourth-order valence-electron chi connectivity index (χ4n) is 2.71. The number of nitrogens with one attached hydrogen (secondary N) is 1. The molecule has 1 saturated carbocycles. The molecule has 1 aromatic carbocycles. The van der Waals surface area contributed by atoms with E-state index in [-0.39, 0.29) is 11.6 Å². The number of benzene rings is 1. The third kappa shape index (κ3) is 1.74. The predicted octanol–water partition coefficient (Wildman–Crippen LogP) is 2.54. The molecule has 0 aliphatic heterocycles. The van der Waals surface area contributed by atoms with Crippen LogP contribution >= 0.6 is 0 Å². The molecule has 0 radical (unpaired) electrons. The Morgan fingerprint density at radius 1 is 1.17 bits per heavy atom. The van der Waals surface area contributed by atoms with Crippen molar-refractivity contribution >= 4 is 5.69 Å². The van der Waals surface area contributed by atoms with Crippen LogP contribution in [0.2, 0.25) is 0 Å². The van der Waals surface area contributed by atoms with Crippen molar-refractivity contribution < 1.29 is 0 Å². The van der Waals surface area contributed by atoms with Crippen LogP contribution in [0.25, 0.3) is 11.3 Å². The monoisotopic (exact) mass is 243 g/mol. The SMILES string of the molecule is Nc1c(-c2ccccc2)[nH]n(C2CCCC2)c1=O. The molecule has 1 aliphatic carbocycles. The van der Waals surface area contributed by atoms with Crippen molar-refractivity contribution in [1.29, 1.82) is 0 Å². The van der Waals surface area contributed by atoms with Gasteiger partial charge >= 0.3 is 0 Å². The van der Waals surface area contributed by atoms with Gasteiger partial charge in [0.1, 0.15) is 5.69 Å². The first-order valence-corrected chi connectivity index (χ1v) is 6.43. The highest BCUT2D eigenvalue weighted by molar-refractivity contribution is 5.71. The molecule has 18 heavy (non-hydrogen) atoms. The maximum atomic E-state index is 12.2. The molecular formula is C14H17N3O. The van der Waals surface area contributed by atoms with E-state index in [1.165, 1.54) is 12.8 Å². The van der Waals surface area contributed by atoms with Gasteiger partial charge in [0.05, 0.1) is 11.7 Å². The molecule has 3 rings (SSSR count). The van der Waals surface area contributed by atoms with Crippen LogP contribution < -0.4 is 11.3 Å². The van der Waals surface area contributed by atoms with Crippen LogP contribution in [-0.4, -0.2) is 9.78 Å². The second-order valence-corrected chi connectivity index (χ2v) is 4.88. The summed E-state index contributed by atoms with van der Waals surface area (Å²) in [5.41, 5.74) is 7.89. The number of hydrogen-bond acceptors (Lipinski definition) is 2. The van der Waals surface area contributed by atoms with Crippen LogP contribution in [0.15, 0.2) is 35.1 Å². The standard InChI is InChI=1S/C14H17N3O/c15-12-13(10-6-2-1-3-7-10)16-17(14(12)18)11-8-4-5-9-11/h1-3,6-7,11,16H,4-5,8-9,15H2. The van der Waals surface area contributed by atoms with Gasteiger partial charge in [-0.2, -0.15) is 0 Å². The number of rotatable bonds is 2. The van der Waals surface area contributed by atoms with Crippen molar-refractivity contribution in [3.63, 3.8) is 0 Å². The number of aromatic nitrogens is 2. The lowest BCUT2D eigenvalue weighted by atomic mass is 10.1. The van der Waals surface area contributed by atoms with Gasteiger partial charge in [0.15, 0.2) is 0 Å². The second kappa shape index (κ2) is 4.37. The minimum absolute atomic E-state index is 0.0826. The summed E-state index contributed by atoms with van der Waals surface area (Å²) in [5.74, 6) is 0. The Bertz CT molecular complexity index is 591. The third-order valence-electron chi connectivity index (χ3n) is 3.70. The first-order valence-electron chi connectivity index (χ1n) is 6.43. The van der Waals surface area contributed by atoms with Crippen LogP contribution in [0.1, 0.15) is 31.7 Å². The maximum absolute atomic E-state index is 12.2. The molecule has 1 heterocycles. The summed E-state index contributed by atoms with van der Waals surface area (Å²) in [6.07, 6.45) is 4.51. The Kier molecular flexibility index (Phi) is 2.70. The minimum Gasteiger partial charge on any atom is -0.392 e. The zero-order chi connectivity index (χ0) is 12.5. The van der Waals surface area contributed by atoms with E-state index in [9.17, 15) is 4.79 Å². The van der Waals surface area contributed by atoms with Crippen LogP contribution in [0.5, 0.6) is 0 Å². The third-order valence-corrected chi connectivity index (χ3v) is 3.70. The second-order valence-electron chi connectivity index (χ2n) is 4.88. The lowest BCUT2D eigenvalue weighted by Crippen LogP contribution is -2.21. The fraction of sp³-hybridized carbons (Fsp3) is 0.357. The molecule has 1 aliphatic rings. The summed E-state index contributed by atoms with van der Waals surface area (Å²) < 4.78 is 1.71. The van der Waals surface area contributed by atoms with E-state index in [0.29, 0.717) is 5.69 Å². The highest BCUT2D eigenvalue weighted by Crippen LogP contribution is 2.30. The van der Waals surface area contributed by atoms with Gasteiger partial charge in [-0.1, -0.05) is 43.2 Å². The zero-order valence-electron chi connectivity index (χ0n) is 10.2. The highest BCUT2D eigenvalue weighted by Gasteiger charge is 2.22. The average molecular weight is 243 g/mol. The van der Waals surface area contributed by atoms with Gasteiger partial charge in [-0.3, -0.25) is 9.89 Å². The van der Waals surface area contributed by atoms with Crippen molar-refractivity contribution in [2.45, 2.75) is 31.7 Å². The molecule has 94 valence electrons. The molecule has 0 spiro atoms. The van der Waals surface area contributed by atoms with Gasteiger partial charge in [0.25, 0.3) is 5.56 Å². The van der Waals surface area contributed by atoms with E-state index in [0.717, 1.165) is 24.1 Å². The number of aromatic amines is 1. The van der Waals surface area contributed by atoms with Crippen LogP contribution in [0, 0.1) is 0 Å². The van der Waals surface area contributed by atoms with Gasteiger partial charge in [0, 0.05) is 5.56 Å². The molecule has 0 atom stereocenters. The minimum atomic E-state index is -0.0826. The smallest absolute Gasteiger partial charge is 0.290 e. The number of anilines is 1. The lowest BCUT2D eigenvalue weighted by Gasteiger charge is -2.09. The lowest BCUT2D eigenvalue weighted by molar-refractivity contribution is 0.456. The van der Waals surface area contributed by atoms with Gasteiger partial charge in [0.2, 0.25) is 0 Å². The molecule has 0 amide bonds. The van der Waals surface area contributed by atoms with Crippen molar-refractivity contribution in [2.75, 3.05) is 5.73 Å². The Hall–Kier alpha value is -1.97. The molecule has 1 aromatic heterocycles. The van der Waals surface area contributed by atoms with Crippen molar-refractivity contribution in [2.24, 2.45) is 0 Å². The summed E-state index contributed by atoms with van der Waals surface area (Å²) in [6.45, 7) is 0. The van der Waals surface area contributed by atoms with Crippen molar-refractivity contribution in [3.8, 4) is 11.3 Å². The number of hydrogen-bond donors (Lipinski definition) is 2. The molecule has 0 unspecified atom stereocenters. The van der Waals surface area contributed by atoms with Crippen molar-refractivity contribution in [1.82, 2.24) is 9.78 Å². The van der Waals surface area contributed by atoms with E-state index in [1.807, 2.05) is 30.3 Å². The van der Waals surface area contributed by atoms with Gasteiger partial charge in [-0.05, 0) is 12.8 Å². The summed E-state index contributed by atoms with van der Waals surface area (Å²) in [6, 6.07) is 10.0. The first kappa shape index (κ1) is 11.1. The van der Waals surface area contributed by atoms with Crippen LogP contribution in [-0.2, 0) is 0 Å². The number of nitrogens with two attached hydrogens (primary N) is 1. The predicted molar refractivity (Wildman–Crippen MR) is 72.4 cm³/mol. The first-order chi connectivity index (χ1) is 8.77.